The lowest BCUT2D eigenvalue weighted by Crippen LogP contribution is -2.26. The summed E-state index contributed by atoms with van der Waals surface area (Å²) >= 11 is 0. The molecule has 0 amide bonds. The van der Waals surface area contributed by atoms with E-state index in [1.165, 1.54) is 0 Å². The SMILES string of the molecule is COc1ccc(Oc2c(C3C(C#N)=C(N)Oc4c3c(=O)oc3ccccc43)c(C)nn2-c2ccc(C)cc2)cc1. The molecule has 0 bridgehead atoms. The molecule has 1 aliphatic rings. The Morgan fingerprint density at radius 2 is 1.68 bits per heavy atom. The van der Waals surface area contributed by atoms with Crippen LogP contribution in [0.5, 0.6) is 23.1 Å². The quantitative estimate of drug-likeness (QED) is 0.289. The maximum Gasteiger partial charge on any atom is 0.344 e. The van der Waals surface area contributed by atoms with E-state index in [4.69, 9.17) is 29.5 Å². The van der Waals surface area contributed by atoms with Crippen molar-refractivity contribution in [3.05, 3.63) is 117 Å². The minimum absolute atomic E-state index is 0.0567. The van der Waals surface area contributed by atoms with Gasteiger partial charge >= 0.3 is 5.63 Å². The van der Waals surface area contributed by atoms with Crippen molar-refractivity contribution < 1.29 is 18.6 Å². The Bertz CT molecular complexity index is 1890. The van der Waals surface area contributed by atoms with Gasteiger partial charge in [0.25, 0.3) is 0 Å². The van der Waals surface area contributed by atoms with Crippen LogP contribution in [0.15, 0.2) is 93.5 Å². The summed E-state index contributed by atoms with van der Waals surface area (Å²) in [6, 6.07) is 24.0. The molecule has 3 heterocycles. The molecule has 2 N–H and O–H groups in total. The van der Waals surface area contributed by atoms with Crippen molar-refractivity contribution in [3.63, 3.8) is 0 Å². The number of allylic oxidation sites excluding steroid dienone is 1. The van der Waals surface area contributed by atoms with E-state index in [9.17, 15) is 10.1 Å². The van der Waals surface area contributed by atoms with E-state index < -0.39 is 11.5 Å². The summed E-state index contributed by atoms with van der Waals surface area (Å²) in [4.78, 5) is 13.5. The lowest BCUT2D eigenvalue weighted by atomic mass is 9.83. The number of benzene rings is 3. The predicted molar refractivity (Wildman–Crippen MR) is 148 cm³/mol. The molecule has 2 aromatic heterocycles. The number of rotatable bonds is 5. The zero-order valence-electron chi connectivity index (χ0n) is 22.0. The second-order valence-electron chi connectivity index (χ2n) is 9.38. The van der Waals surface area contributed by atoms with Gasteiger partial charge in [-0.3, -0.25) is 0 Å². The highest BCUT2D eigenvalue weighted by Gasteiger charge is 2.40. The normalized spacial score (nSPS) is 14.4. The molecule has 1 atom stereocenters. The molecule has 1 aliphatic heterocycles. The van der Waals surface area contributed by atoms with Crippen molar-refractivity contribution in [2.24, 2.45) is 5.73 Å². The van der Waals surface area contributed by atoms with Gasteiger partial charge in [0.15, 0.2) is 5.75 Å². The van der Waals surface area contributed by atoms with Crippen molar-refractivity contribution in [1.82, 2.24) is 9.78 Å². The monoisotopic (exact) mass is 532 g/mol. The Labute approximate surface area is 229 Å². The van der Waals surface area contributed by atoms with Crippen LogP contribution in [0.25, 0.3) is 16.7 Å². The number of fused-ring (bicyclic) bond motifs is 3. The molecule has 40 heavy (non-hydrogen) atoms. The molecule has 1 unspecified atom stereocenters. The largest absolute Gasteiger partial charge is 0.497 e. The summed E-state index contributed by atoms with van der Waals surface area (Å²) in [5, 5.41) is 15.6. The van der Waals surface area contributed by atoms with E-state index >= 15 is 0 Å². The van der Waals surface area contributed by atoms with E-state index in [1.54, 1.807) is 67.2 Å². The molecule has 0 radical (unpaired) electrons. The first kappa shape index (κ1) is 24.8. The van der Waals surface area contributed by atoms with Crippen molar-refractivity contribution in [1.29, 1.82) is 5.26 Å². The number of aryl methyl sites for hydroxylation is 2. The molecular formula is C31H24N4O5. The van der Waals surface area contributed by atoms with E-state index in [2.05, 4.69) is 6.07 Å². The van der Waals surface area contributed by atoms with Crippen LogP contribution >= 0.6 is 0 Å². The summed E-state index contributed by atoms with van der Waals surface area (Å²) in [7, 11) is 1.59. The van der Waals surface area contributed by atoms with Gasteiger partial charge in [-0.05, 0) is 62.4 Å². The number of aromatic nitrogens is 2. The fourth-order valence-corrected chi connectivity index (χ4v) is 4.92. The highest BCUT2D eigenvalue weighted by atomic mass is 16.5. The average molecular weight is 533 g/mol. The van der Waals surface area contributed by atoms with Crippen LogP contribution in [0.4, 0.5) is 0 Å². The number of nitrogens with two attached hydrogens (primary N) is 1. The fraction of sp³-hybridized carbons (Fsp3) is 0.129. The zero-order valence-corrected chi connectivity index (χ0v) is 22.0. The Hall–Kier alpha value is -5.49. The molecule has 3 aromatic carbocycles. The van der Waals surface area contributed by atoms with Gasteiger partial charge < -0.3 is 24.4 Å². The number of para-hydroxylation sites is 1. The second-order valence-corrected chi connectivity index (χ2v) is 9.38. The average Bonchev–Trinajstić information content (AvgIpc) is 3.28. The van der Waals surface area contributed by atoms with E-state index in [-0.39, 0.29) is 22.8 Å². The van der Waals surface area contributed by atoms with Gasteiger partial charge in [-0.2, -0.15) is 10.4 Å². The fourth-order valence-electron chi connectivity index (χ4n) is 4.92. The van der Waals surface area contributed by atoms with Crippen LogP contribution < -0.4 is 25.6 Å². The Balaban J connectivity index is 1.64. The third kappa shape index (κ3) is 4.03. The zero-order chi connectivity index (χ0) is 28.0. The van der Waals surface area contributed by atoms with E-state index in [0.717, 1.165) is 11.3 Å². The highest BCUT2D eigenvalue weighted by molar-refractivity contribution is 5.86. The van der Waals surface area contributed by atoms with Gasteiger partial charge in [-0.1, -0.05) is 29.8 Å². The first-order chi connectivity index (χ1) is 19.4. The van der Waals surface area contributed by atoms with E-state index in [1.807, 2.05) is 31.2 Å². The number of ether oxygens (including phenoxy) is 3. The summed E-state index contributed by atoms with van der Waals surface area (Å²) in [5.74, 6) is 0.670. The molecule has 0 aliphatic carbocycles. The predicted octanol–water partition coefficient (Wildman–Crippen LogP) is 5.61. The minimum Gasteiger partial charge on any atom is -0.497 e. The number of methoxy groups -OCH3 is 1. The standard InChI is InChI=1S/C31H24N4O5/c1-17-8-10-19(11-9-17)35-30(38-21-14-12-20(37-3)13-15-21)25(18(2)34-35)26-23(16-32)29(33)40-28-22-6-4-5-7-24(22)39-31(36)27(26)28/h4-15,26H,33H2,1-3H3. The summed E-state index contributed by atoms with van der Waals surface area (Å²) in [5.41, 5.74) is 9.06. The molecule has 9 heteroatoms. The first-order valence-electron chi connectivity index (χ1n) is 12.5. The van der Waals surface area contributed by atoms with Crippen molar-refractivity contribution >= 4 is 11.0 Å². The molecule has 0 saturated heterocycles. The summed E-state index contributed by atoms with van der Waals surface area (Å²) in [6.07, 6.45) is 0. The van der Waals surface area contributed by atoms with Gasteiger partial charge in [0, 0.05) is 0 Å². The Morgan fingerprint density at radius 1 is 0.975 bits per heavy atom. The van der Waals surface area contributed by atoms with Gasteiger partial charge in [0.2, 0.25) is 11.8 Å². The molecule has 0 fully saturated rings. The minimum atomic E-state index is -0.956. The second kappa shape index (κ2) is 9.67. The van der Waals surface area contributed by atoms with Crippen molar-refractivity contribution in [2.75, 3.05) is 7.11 Å². The third-order valence-electron chi connectivity index (χ3n) is 6.88. The Kier molecular flexibility index (Phi) is 6.00. The maximum absolute atomic E-state index is 13.5. The van der Waals surface area contributed by atoms with Crippen molar-refractivity contribution in [3.8, 4) is 34.9 Å². The van der Waals surface area contributed by atoms with Crippen LogP contribution in [-0.4, -0.2) is 16.9 Å². The van der Waals surface area contributed by atoms with Crippen LogP contribution in [0.3, 0.4) is 0 Å². The maximum atomic E-state index is 13.5. The molecule has 6 rings (SSSR count). The molecular weight excluding hydrogens is 508 g/mol. The van der Waals surface area contributed by atoms with Crippen LogP contribution in [0.1, 0.15) is 28.3 Å². The summed E-state index contributed by atoms with van der Waals surface area (Å²) < 4.78 is 25.0. The van der Waals surface area contributed by atoms with E-state index in [0.29, 0.717) is 39.6 Å². The molecule has 0 spiro atoms. The van der Waals surface area contributed by atoms with Gasteiger partial charge in [-0.25, -0.2) is 9.48 Å². The lowest BCUT2D eigenvalue weighted by molar-refractivity contribution is 0.385. The first-order valence-corrected chi connectivity index (χ1v) is 12.5. The topological polar surface area (TPSA) is 126 Å². The lowest BCUT2D eigenvalue weighted by Gasteiger charge is -2.26. The number of hydrogen-bond acceptors (Lipinski definition) is 8. The van der Waals surface area contributed by atoms with Crippen LogP contribution in [-0.2, 0) is 0 Å². The van der Waals surface area contributed by atoms with Crippen LogP contribution in [0, 0.1) is 25.2 Å². The molecule has 9 nitrogen and oxygen atoms in total. The number of nitriles is 1. The molecule has 198 valence electrons. The van der Waals surface area contributed by atoms with Gasteiger partial charge in [-0.15, -0.1) is 0 Å². The van der Waals surface area contributed by atoms with Gasteiger partial charge in [0.05, 0.1) is 40.9 Å². The number of nitrogens with zero attached hydrogens (tertiary/aromatic N) is 3. The van der Waals surface area contributed by atoms with Gasteiger partial charge in [0.1, 0.15) is 28.7 Å². The smallest absolute Gasteiger partial charge is 0.344 e. The molecule has 0 saturated carbocycles. The number of hydrogen-bond donors (Lipinski definition) is 1. The Morgan fingerprint density at radius 3 is 2.38 bits per heavy atom. The van der Waals surface area contributed by atoms with Crippen molar-refractivity contribution in [2.45, 2.75) is 19.8 Å². The van der Waals surface area contributed by atoms with Crippen LogP contribution in [0.2, 0.25) is 0 Å². The third-order valence-corrected chi connectivity index (χ3v) is 6.88. The highest BCUT2D eigenvalue weighted by Crippen LogP contribution is 2.48. The molecule has 5 aromatic rings. The summed E-state index contributed by atoms with van der Waals surface area (Å²) in [6.45, 7) is 3.79.